The van der Waals surface area contributed by atoms with Gasteiger partial charge in [0.15, 0.2) is 0 Å². The van der Waals surface area contributed by atoms with E-state index in [4.69, 9.17) is 5.73 Å². The number of hydrogen-bond donors (Lipinski definition) is 1. The van der Waals surface area contributed by atoms with Gasteiger partial charge in [0.25, 0.3) is 0 Å². The van der Waals surface area contributed by atoms with Gasteiger partial charge in [-0.15, -0.1) is 5.10 Å². The molecule has 2 N–H and O–H groups in total. The quantitative estimate of drug-likeness (QED) is 0.870. The van der Waals surface area contributed by atoms with E-state index >= 15 is 0 Å². The predicted octanol–water partition coefficient (Wildman–Crippen LogP) is 0.410. The molecular formula is C14H20N6O2S. The van der Waals surface area contributed by atoms with Crippen molar-refractivity contribution in [2.45, 2.75) is 31.2 Å². The molecule has 1 saturated heterocycles. The molecule has 3 rings (SSSR count). The Hall–Kier alpha value is -1.84. The number of tetrazole rings is 1. The van der Waals surface area contributed by atoms with E-state index in [1.54, 1.807) is 24.3 Å². The van der Waals surface area contributed by atoms with Crippen LogP contribution in [0.25, 0.3) is 5.69 Å². The summed E-state index contributed by atoms with van der Waals surface area (Å²) < 4.78 is 28.8. The summed E-state index contributed by atoms with van der Waals surface area (Å²) >= 11 is 0. The summed E-state index contributed by atoms with van der Waals surface area (Å²) in [5.74, 6) is 0. The highest BCUT2D eigenvalue weighted by Crippen LogP contribution is 2.31. The summed E-state index contributed by atoms with van der Waals surface area (Å²) in [4.78, 5) is 0.233. The number of nitrogens with zero attached hydrogens (tertiary/aromatic N) is 5. The molecule has 2 aromatic rings. The molecule has 0 aliphatic carbocycles. The second-order valence-electron chi connectivity index (χ2n) is 6.47. The van der Waals surface area contributed by atoms with Gasteiger partial charge in [-0.1, -0.05) is 19.9 Å². The molecule has 1 aliphatic heterocycles. The van der Waals surface area contributed by atoms with Gasteiger partial charge in [0, 0.05) is 19.1 Å². The standard InChI is InChI=1S/C14H20N6O2S/c1-14(2)9-19(7-6-13(14)15)23(21,22)12-5-3-4-11(8-12)20-10-16-17-18-20/h3-5,8,10,13H,6-7,9,15H2,1-2H3. The number of hydrogen-bond acceptors (Lipinski definition) is 6. The highest BCUT2D eigenvalue weighted by Gasteiger charge is 2.38. The van der Waals surface area contributed by atoms with Crippen molar-refractivity contribution in [3.05, 3.63) is 30.6 Å². The average molecular weight is 336 g/mol. The van der Waals surface area contributed by atoms with E-state index in [2.05, 4.69) is 15.5 Å². The molecule has 1 fully saturated rings. The molecule has 0 amide bonds. The van der Waals surface area contributed by atoms with Crippen LogP contribution in [-0.4, -0.2) is 52.1 Å². The minimum Gasteiger partial charge on any atom is -0.327 e. The first kappa shape index (κ1) is 16.0. The number of aromatic nitrogens is 4. The van der Waals surface area contributed by atoms with Gasteiger partial charge in [-0.05, 0) is 40.5 Å². The van der Waals surface area contributed by atoms with Crippen LogP contribution < -0.4 is 5.73 Å². The first-order valence-electron chi connectivity index (χ1n) is 7.40. The molecule has 0 bridgehead atoms. The summed E-state index contributed by atoms with van der Waals surface area (Å²) in [6.07, 6.45) is 2.08. The van der Waals surface area contributed by atoms with Crippen molar-refractivity contribution in [3.8, 4) is 5.69 Å². The normalized spacial score (nSPS) is 22.1. The Morgan fingerprint density at radius 3 is 2.78 bits per heavy atom. The molecule has 1 unspecified atom stereocenters. The van der Waals surface area contributed by atoms with Gasteiger partial charge in [-0.25, -0.2) is 13.1 Å². The molecule has 8 nitrogen and oxygen atoms in total. The summed E-state index contributed by atoms with van der Waals surface area (Å²) in [7, 11) is -3.57. The molecule has 1 aliphatic rings. The molecule has 1 aromatic carbocycles. The minimum atomic E-state index is -3.57. The Morgan fingerprint density at radius 1 is 1.35 bits per heavy atom. The monoisotopic (exact) mass is 336 g/mol. The number of sulfonamides is 1. The molecule has 2 heterocycles. The van der Waals surface area contributed by atoms with Gasteiger partial charge in [-0.3, -0.25) is 0 Å². The van der Waals surface area contributed by atoms with Crippen molar-refractivity contribution in [2.75, 3.05) is 13.1 Å². The topological polar surface area (TPSA) is 107 Å². The fourth-order valence-corrected chi connectivity index (χ4v) is 4.41. The Morgan fingerprint density at radius 2 is 2.13 bits per heavy atom. The lowest BCUT2D eigenvalue weighted by molar-refractivity contribution is 0.155. The van der Waals surface area contributed by atoms with Crippen molar-refractivity contribution < 1.29 is 8.42 Å². The predicted molar refractivity (Wildman–Crippen MR) is 84.3 cm³/mol. The molecule has 9 heteroatoms. The lowest BCUT2D eigenvalue weighted by Crippen LogP contribution is -2.53. The zero-order chi connectivity index (χ0) is 16.7. The SMILES string of the molecule is CC1(C)CN(S(=O)(=O)c2cccc(-n3cnnn3)c2)CCC1N. The van der Waals surface area contributed by atoms with Crippen molar-refractivity contribution in [1.29, 1.82) is 0 Å². The lowest BCUT2D eigenvalue weighted by atomic mass is 9.81. The van der Waals surface area contributed by atoms with Crippen molar-refractivity contribution in [2.24, 2.45) is 11.1 Å². The highest BCUT2D eigenvalue weighted by atomic mass is 32.2. The fourth-order valence-electron chi connectivity index (χ4n) is 2.74. The Kier molecular flexibility index (Phi) is 3.95. The van der Waals surface area contributed by atoms with Gasteiger partial charge < -0.3 is 5.73 Å². The Balaban J connectivity index is 1.93. The second-order valence-corrected chi connectivity index (χ2v) is 8.41. The van der Waals surface area contributed by atoms with Gasteiger partial charge in [0.1, 0.15) is 6.33 Å². The van der Waals surface area contributed by atoms with Crippen molar-refractivity contribution in [1.82, 2.24) is 24.5 Å². The van der Waals surface area contributed by atoms with E-state index in [1.807, 2.05) is 13.8 Å². The highest BCUT2D eigenvalue weighted by molar-refractivity contribution is 7.89. The van der Waals surface area contributed by atoms with Crippen LogP contribution in [0.15, 0.2) is 35.5 Å². The fraction of sp³-hybridized carbons (Fsp3) is 0.500. The maximum Gasteiger partial charge on any atom is 0.243 e. The molecule has 0 spiro atoms. The zero-order valence-electron chi connectivity index (χ0n) is 13.1. The molecule has 124 valence electrons. The van der Waals surface area contributed by atoms with Crippen LogP contribution in [0.1, 0.15) is 20.3 Å². The summed E-state index contributed by atoms with van der Waals surface area (Å²) in [6, 6.07) is 6.61. The number of benzene rings is 1. The number of piperidine rings is 1. The lowest BCUT2D eigenvalue weighted by Gasteiger charge is -2.41. The number of rotatable bonds is 3. The Bertz CT molecular complexity index is 787. The maximum atomic E-state index is 12.9. The molecule has 0 radical (unpaired) electrons. The zero-order valence-corrected chi connectivity index (χ0v) is 13.9. The van der Waals surface area contributed by atoms with Crippen LogP contribution >= 0.6 is 0 Å². The Labute approximate surface area is 135 Å². The van der Waals surface area contributed by atoms with Gasteiger partial charge in [0.05, 0.1) is 10.6 Å². The average Bonchev–Trinajstić information content (AvgIpc) is 3.04. The van der Waals surface area contributed by atoms with E-state index in [9.17, 15) is 8.42 Å². The smallest absolute Gasteiger partial charge is 0.243 e. The third kappa shape index (κ3) is 2.99. The van der Waals surface area contributed by atoms with Gasteiger partial charge in [-0.2, -0.15) is 4.31 Å². The minimum absolute atomic E-state index is 0.00140. The van der Waals surface area contributed by atoms with Crippen LogP contribution in [0.3, 0.4) is 0 Å². The molecular weight excluding hydrogens is 316 g/mol. The van der Waals surface area contributed by atoms with Crippen LogP contribution in [0.5, 0.6) is 0 Å². The molecule has 23 heavy (non-hydrogen) atoms. The van der Waals surface area contributed by atoms with Gasteiger partial charge in [0.2, 0.25) is 10.0 Å². The maximum absolute atomic E-state index is 12.9. The van der Waals surface area contributed by atoms with E-state index < -0.39 is 10.0 Å². The summed E-state index contributed by atoms with van der Waals surface area (Å²) in [6.45, 7) is 4.83. The molecule has 1 atom stereocenters. The van der Waals surface area contributed by atoms with E-state index in [0.717, 1.165) is 0 Å². The second kappa shape index (κ2) is 5.66. The largest absolute Gasteiger partial charge is 0.327 e. The summed E-state index contributed by atoms with van der Waals surface area (Å²) in [5.41, 5.74) is 6.45. The third-order valence-electron chi connectivity index (χ3n) is 4.35. The van der Waals surface area contributed by atoms with E-state index in [-0.39, 0.29) is 16.4 Å². The molecule has 0 saturated carbocycles. The van der Waals surface area contributed by atoms with Crippen LogP contribution in [0.4, 0.5) is 0 Å². The first-order valence-corrected chi connectivity index (χ1v) is 8.84. The van der Waals surface area contributed by atoms with Crippen molar-refractivity contribution in [3.63, 3.8) is 0 Å². The van der Waals surface area contributed by atoms with Crippen LogP contribution in [0.2, 0.25) is 0 Å². The number of nitrogens with two attached hydrogens (primary N) is 1. The molecule has 1 aromatic heterocycles. The summed E-state index contributed by atoms with van der Waals surface area (Å²) in [5, 5.41) is 10.9. The van der Waals surface area contributed by atoms with Gasteiger partial charge >= 0.3 is 0 Å². The van der Waals surface area contributed by atoms with Crippen LogP contribution in [0, 0.1) is 5.41 Å². The van der Waals surface area contributed by atoms with Crippen LogP contribution in [-0.2, 0) is 10.0 Å². The van der Waals surface area contributed by atoms with E-state index in [0.29, 0.717) is 25.2 Å². The van der Waals surface area contributed by atoms with E-state index in [1.165, 1.54) is 15.3 Å². The van der Waals surface area contributed by atoms with Crippen molar-refractivity contribution >= 4 is 10.0 Å². The third-order valence-corrected chi connectivity index (χ3v) is 6.19. The first-order chi connectivity index (χ1) is 10.8.